The number of nitrogens with one attached hydrogen (secondary N) is 2. The molecule has 1 fully saturated rings. The molecule has 0 bridgehead atoms. The van der Waals surface area contributed by atoms with Crippen molar-refractivity contribution < 1.29 is 8.42 Å². The van der Waals surface area contributed by atoms with E-state index in [1.807, 2.05) is 0 Å². The number of hydrogen-bond acceptors (Lipinski definition) is 4. The summed E-state index contributed by atoms with van der Waals surface area (Å²) in [7, 11) is -3.43. The molecule has 1 aromatic heterocycles. The fourth-order valence-corrected chi connectivity index (χ4v) is 5.50. The lowest BCUT2D eigenvalue weighted by Gasteiger charge is -2.17. The van der Waals surface area contributed by atoms with Gasteiger partial charge < -0.3 is 5.32 Å². The summed E-state index contributed by atoms with van der Waals surface area (Å²) < 4.78 is 28.1. The van der Waals surface area contributed by atoms with E-state index < -0.39 is 10.0 Å². The van der Waals surface area contributed by atoms with Gasteiger partial charge >= 0.3 is 0 Å². The Morgan fingerprint density at radius 1 is 1.38 bits per heavy atom. The van der Waals surface area contributed by atoms with Gasteiger partial charge in [0.1, 0.15) is 4.90 Å². The third kappa shape index (κ3) is 5.63. The maximum absolute atomic E-state index is 12.3. The van der Waals surface area contributed by atoms with Gasteiger partial charge in [-0.2, -0.15) is 0 Å². The van der Waals surface area contributed by atoms with Crippen LogP contribution in [0.5, 0.6) is 0 Å². The molecule has 2 N–H and O–H groups in total. The topological polar surface area (TPSA) is 58.2 Å². The Morgan fingerprint density at radius 3 is 2.62 bits per heavy atom. The molecule has 1 aliphatic rings. The maximum Gasteiger partial charge on any atom is 0.242 e. The number of halogens is 1. The van der Waals surface area contributed by atoms with Gasteiger partial charge in [-0.15, -0.1) is 11.3 Å². The number of rotatable bonds is 7. The highest BCUT2D eigenvalue weighted by molar-refractivity contribution is 9.11. The Morgan fingerprint density at radius 2 is 2.05 bits per heavy atom. The smallest absolute Gasteiger partial charge is 0.242 e. The van der Waals surface area contributed by atoms with Gasteiger partial charge in [-0.3, -0.25) is 0 Å². The zero-order valence-corrected chi connectivity index (χ0v) is 15.9. The Balaban J connectivity index is 1.97. The molecule has 0 radical (unpaired) electrons. The van der Waals surface area contributed by atoms with Gasteiger partial charge in [0.2, 0.25) is 10.0 Å². The molecule has 1 heterocycles. The molecule has 0 amide bonds. The monoisotopic (exact) mass is 394 g/mol. The van der Waals surface area contributed by atoms with Gasteiger partial charge in [0.05, 0.1) is 3.79 Å². The third-order valence-corrected chi connectivity index (χ3v) is 7.02. The van der Waals surface area contributed by atoms with Crippen molar-refractivity contribution >= 4 is 37.3 Å². The molecule has 21 heavy (non-hydrogen) atoms. The van der Waals surface area contributed by atoms with E-state index in [2.05, 4.69) is 46.7 Å². The summed E-state index contributed by atoms with van der Waals surface area (Å²) in [5, 5.41) is 3.40. The molecule has 7 heteroatoms. The molecular formula is C14H23BrN2O2S2. The van der Waals surface area contributed by atoms with Crippen molar-refractivity contribution in [3.05, 3.63) is 14.7 Å². The van der Waals surface area contributed by atoms with Crippen molar-refractivity contribution in [3.8, 4) is 0 Å². The first-order valence-electron chi connectivity index (χ1n) is 7.19. The normalized spacial score (nSPS) is 16.4. The zero-order valence-electron chi connectivity index (χ0n) is 12.7. The van der Waals surface area contributed by atoms with Crippen molar-refractivity contribution in [2.75, 3.05) is 6.54 Å². The number of hydrogen-bond donors (Lipinski definition) is 2. The summed E-state index contributed by atoms with van der Waals surface area (Å²) in [6.07, 6.45) is 3.27. The van der Waals surface area contributed by atoms with E-state index in [0.717, 1.165) is 17.8 Å². The summed E-state index contributed by atoms with van der Waals surface area (Å²) in [6.45, 7) is 7.51. The largest absolute Gasteiger partial charge is 0.309 e. The van der Waals surface area contributed by atoms with Crippen LogP contribution in [-0.4, -0.2) is 21.0 Å². The van der Waals surface area contributed by atoms with Crippen molar-refractivity contribution in [1.29, 1.82) is 0 Å². The van der Waals surface area contributed by atoms with Crippen LogP contribution < -0.4 is 10.0 Å². The van der Waals surface area contributed by atoms with Gasteiger partial charge in [0.15, 0.2) is 0 Å². The van der Waals surface area contributed by atoms with E-state index in [0.29, 0.717) is 21.3 Å². The minimum atomic E-state index is -3.43. The summed E-state index contributed by atoms with van der Waals surface area (Å²) >= 11 is 4.86. The Kier molecular flexibility index (Phi) is 5.52. The minimum Gasteiger partial charge on any atom is -0.309 e. The van der Waals surface area contributed by atoms with Crippen molar-refractivity contribution in [1.82, 2.24) is 10.0 Å². The van der Waals surface area contributed by atoms with Gasteiger partial charge in [0.25, 0.3) is 0 Å². The van der Waals surface area contributed by atoms with Gasteiger partial charge in [0, 0.05) is 24.0 Å². The lowest BCUT2D eigenvalue weighted by molar-refractivity contribution is 0.378. The molecule has 0 atom stereocenters. The number of sulfonamides is 1. The van der Waals surface area contributed by atoms with Crippen LogP contribution in [0, 0.1) is 5.41 Å². The Labute approximate surface area is 139 Å². The highest BCUT2D eigenvalue weighted by Gasteiger charge is 2.23. The fraction of sp³-hybridized carbons (Fsp3) is 0.714. The fourth-order valence-electron chi connectivity index (χ4n) is 1.84. The molecule has 1 aliphatic carbocycles. The predicted molar refractivity (Wildman–Crippen MR) is 91.1 cm³/mol. The minimum absolute atomic E-state index is 0.119. The average Bonchev–Trinajstić information content (AvgIpc) is 3.07. The standard InChI is InChI=1S/C14H23BrN2O2S2/c1-14(2,3)6-7-17-21(18,19)12-8-11(20-13(12)15)9-16-10-4-5-10/h8,10,16-17H,4-7,9H2,1-3H3. The van der Waals surface area contributed by atoms with Crippen LogP contribution in [-0.2, 0) is 16.6 Å². The second kappa shape index (κ2) is 6.66. The van der Waals surface area contributed by atoms with E-state index >= 15 is 0 Å². The molecule has 0 unspecified atom stereocenters. The highest BCUT2D eigenvalue weighted by Crippen LogP contribution is 2.32. The lowest BCUT2D eigenvalue weighted by Crippen LogP contribution is -2.27. The Bertz CT molecular complexity index is 587. The number of thiophene rings is 1. The molecule has 120 valence electrons. The molecule has 4 nitrogen and oxygen atoms in total. The van der Waals surface area contributed by atoms with E-state index in [4.69, 9.17) is 0 Å². The van der Waals surface area contributed by atoms with E-state index in [-0.39, 0.29) is 5.41 Å². The SMILES string of the molecule is CC(C)(C)CCNS(=O)(=O)c1cc(CNC2CC2)sc1Br. The van der Waals surface area contributed by atoms with Crippen LogP contribution in [0.2, 0.25) is 0 Å². The average molecular weight is 395 g/mol. The third-order valence-electron chi connectivity index (χ3n) is 3.31. The molecular weight excluding hydrogens is 372 g/mol. The second-order valence-corrected chi connectivity index (χ2v) is 10.9. The first-order valence-corrected chi connectivity index (χ1v) is 10.3. The maximum atomic E-state index is 12.3. The van der Waals surface area contributed by atoms with Gasteiger partial charge in [-0.1, -0.05) is 20.8 Å². The van der Waals surface area contributed by atoms with Crippen LogP contribution >= 0.6 is 27.3 Å². The zero-order chi connectivity index (χ0) is 15.7. The van der Waals surface area contributed by atoms with Crippen molar-refractivity contribution in [2.24, 2.45) is 5.41 Å². The van der Waals surface area contributed by atoms with Crippen LogP contribution in [0.3, 0.4) is 0 Å². The Hall–Kier alpha value is 0.0500. The molecule has 2 rings (SSSR count). The first-order chi connectivity index (χ1) is 9.67. The van der Waals surface area contributed by atoms with Crippen LogP contribution in [0.4, 0.5) is 0 Å². The summed E-state index contributed by atoms with van der Waals surface area (Å²) in [6, 6.07) is 2.39. The van der Waals surface area contributed by atoms with Crippen LogP contribution in [0.15, 0.2) is 14.7 Å². The van der Waals surface area contributed by atoms with Crippen molar-refractivity contribution in [3.63, 3.8) is 0 Å². The summed E-state index contributed by atoms with van der Waals surface area (Å²) in [4.78, 5) is 1.40. The van der Waals surface area contributed by atoms with Gasteiger partial charge in [-0.05, 0) is 46.7 Å². The molecule has 1 aromatic rings. The quantitative estimate of drug-likeness (QED) is 0.743. The van der Waals surface area contributed by atoms with Crippen LogP contribution in [0.1, 0.15) is 44.9 Å². The highest BCUT2D eigenvalue weighted by atomic mass is 79.9. The summed E-state index contributed by atoms with van der Waals surface area (Å²) in [5.41, 5.74) is 0.119. The molecule has 0 saturated heterocycles. The first kappa shape index (κ1) is 17.4. The van der Waals surface area contributed by atoms with Crippen molar-refractivity contribution in [2.45, 2.75) is 57.5 Å². The van der Waals surface area contributed by atoms with E-state index in [1.54, 1.807) is 6.07 Å². The van der Waals surface area contributed by atoms with Gasteiger partial charge in [-0.25, -0.2) is 13.1 Å². The predicted octanol–water partition coefficient (Wildman–Crippen LogP) is 3.48. The lowest BCUT2D eigenvalue weighted by atomic mass is 9.93. The van der Waals surface area contributed by atoms with E-state index in [9.17, 15) is 8.42 Å². The van der Waals surface area contributed by atoms with Crippen LogP contribution in [0.25, 0.3) is 0 Å². The summed E-state index contributed by atoms with van der Waals surface area (Å²) in [5.74, 6) is 0. The molecule has 0 aliphatic heterocycles. The van der Waals surface area contributed by atoms with E-state index in [1.165, 1.54) is 24.2 Å². The molecule has 0 aromatic carbocycles. The molecule has 0 spiro atoms. The second-order valence-electron chi connectivity index (χ2n) is 6.71. The molecule has 1 saturated carbocycles.